The van der Waals surface area contributed by atoms with Crippen molar-refractivity contribution in [2.24, 2.45) is 5.92 Å². The third-order valence-electron chi connectivity index (χ3n) is 4.45. The predicted molar refractivity (Wildman–Crippen MR) is 104 cm³/mol. The van der Waals surface area contributed by atoms with Crippen LogP contribution in [0.1, 0.15) is 49.4 Å². The van der Waals surface area contributed by atoms with Crippen LogP contribution in [-0.2, 0) is 28.8 Å². The summed E-state index contributed by atoms with van der Waals surface area (Å²) in [5.74, 6) is 1.10. The molecule has 0 saturated carbocycles. The zero-order valence-electron chi connectivity index (χ0n) is 15.5. The van der Waals surface area contributed by atoms with Gasteiger partial charge in [-0.15, -0.1) is 11.3 Å². The topological polar surface area (TPSA) is 84.1 Å². The summed E-state index contributed by atoms with van der Waals surface area (Å²) in [4.78, 5) is 33.9. The van der Waals surface area contributed by atoms with Gasteiger partial charge < -0.3 is 15.0 Å². The first-order valence-electron chi connectivity index (χ1n) is 9.42. The van der Waals surface area contributed by atoms with E-state index in [2.05, 4.69) is 29.1 Å². The lowest BCUT2D eigenvalue weighted by Crippen LogP contribution is -2.26. The number of nitrogens with one attached hydrogen (secondary N) is 2. The molecule has 1 aliphatic rings. The van der Waals surface area contributed by atoms with Crippen LogP contribution in [0, 0.1) is 5.92 Å². The molecule has 0 fully saturated rings. The number of amides is 1. The lowest BCUT2D eigenvalue weighted by atomic mass is 10.2. The van der Waals surface area contributed by atoms with E-state index in [-0.39, 0.29) is 11.5 Å². The van der Waals surface area contributed by atoms with E-state index in [0.717, 1.165) is 42.5 Å². The van der Waals surface area contributed by atoms with Crippen molar-refractivity contribution in [3.63, 3.8) is 0 Å². The minimum atomic E-state index is -0.0629. The molecule has 1 aliphatic carbocycles. The summed E-state index contributed by atoms with van der Waals surface area (Å²) < 4.78 is 5.49. The van der Waals surface area contributed by atoms with Crippen LogP contribution in [-0.4, -0.2) is 35.6 Å². The summed E-state index contributed by atoms with van der Waals surface area (Å²) in [6, 6.07) is 0. The van der Waals surface area contributed by atoms with Crippen LogP contribution in [0.4, 0.5) is 0 Å². The van der Waals surface area contributed by atoms with Crippen molar-refractivity contribution in [3.8, 4) is 0 Å². The minimum Gasteiger partial charge on any atom is -0.381 e. The number of nitrogens with zero attached hydrogens (tertiary/aromatic N) is 1. The molecule has 2 aromatic heterocycles. The summed E-state index contributed by atoms with van der Waals surface area (Å²) in [7, 11) is 0. The Hall–Kier alpha value is -1.73. The van der Waals surface area contributed by atoms with Gasteiger partial charge >= 0.3 is 0 Å². The summed E-state index contributed by atoms with van der Waals surface area (Å²) in [6.07, 6.45) is 4.73. The maximum atomic E-state index is 12.4. The zero-order chi connectivity index (χ0) is 18.5. The fourth-order valence-electron chi connectivity index (χ4n) is 3.21. The Morgan fingerprint density at radius 1 is 1.38 bits per heavy atom. The maximum Gasteiger partial charge on any atom is 0.259 e. The van der Waals surface area contributed by atoms with E-state index in [9.17, 15) is 9.59 Å². The van der Waals surface area contributed by atoms with Crippen molar-refractivity contribution in [2.45, 2.75) is 52.4 Å². The molecule has 0 unspecified atom stereocenters. The standard InChI is InChI=1S/C19H27N3O3S/c1-12(2)11-25-10-4-9-20-16(23)8-7-15-21-18(24)17-13-5-3-6-14(13)26-19(17)22-15/h12H,3-11H2,1-2H3,(H,20,23)(H,21,22,24). The van der Waals surface area contributed by atoms with Crippen molar-refractivity contribution in [2.75, 3.05) is 19.8 Å². The van der Waals surface area contributed by atoms with Gasteiger partial charge in [-0.2, -0.15) is 0 Å². The summed E-state index contributed by atoms with van der Waals surface area (Å²) in [5.41, 5.74) is 1.12. The third-order valence-corrected chi connectivity index (χ3v) is 5.64. The highest BCUT2D eigenvalue weighted by Gasteiger charge is 2.21. The Balaban J connectivity index is 1.46. The molecule has 0 atom stereocenters. The van der Waals surface area contributed by atoms with Crippen molar-refractivity contribution in [1.82, 2.24) is 15.3 Å². The minimum absolute atomic E-state index is 0.0229. The van der Waals surface area contributed by atoms with Gasteiger partial charge in [0.25, 0.3) is 5.56 Å². The molecule has 2 heterocycles. The summed E-state index contributed by atoms with van der Waals surface area (Å²) >= 11 is 1.63. The third kappa shape index (κ3) is 4.71. The molecule has 26 heavy (non-hydrogen) atoms. The molecule has 142 valence electrons. The zero-order valence-corrected chi connectivity index (χ0v) is 16.3. The average Bonchev–Trinajstić information content (AvgIpc) is 3.16. The van der Waals surface area contributed by atoms with Gasteiger partial charge in [0, 0.05) is 37.5 Å². The molecule has 6 nitrogen and oxygen atoms in total. The normalized spacial score (nSPS) is 13.5. The number of rotatable bonds is 9. The predicted octanol–water partition coefficient (Wildman–Crippen LogP) is 2.58. The van der Waals surface area contributed by atoms with Gasteiger partial charge in [-0.25, -0.2) is 4.98 Å². The molecule has 0 radical (unpaired) electrons. The molecule has 0 aliphatic heterocycles. The van der Waals surface area contributed by atoms with Crippen LogP contribution in [0.5, 0.6) is 0 Å². The van der Waals surface area contributed by atoms with Crippen LogP contribution in [0.25, 0.3) is 10.2 Å². The number of carbonyl (C=O) groups excluding carboxylic acids is 1. The quantitative estimate of drug-likeness (QED) is 0.658. The van der Waals surface area contributed by atoms with E-state index in [1.165, 1.54) is 10.4 Å². The van der Waals surface area contributed by atoms with Crippen molar-refractivity contribution < 1.29 is 9.53 Å². The molecule has 7 heteroatoms. The van der Waals surface area contributed by atoms with Gasteiger partial charge in [0.15, 0.2) is 0 Å². The fraction of sp³-hybridized carbons (Fsp3) is 0.632. The van der Waals surface area contributed by atoms with Crippen molar-refractivity contribution in [3.05, 3.63) is 26.6 Å². The number of ether oxygens (including phenoxy) is 1. The molecule has 0 aromatic carbocycles. The SMILES string of the molecule is CC(C)COCCCNC(=O)CCc1nc2sc3c(c2c(=O)[nH]1)CCC3. The molecule has 0 spiro atoms. The summed E-state index contributed by atoms with van der Waals surface area (Å²) in [6.45, 7) is 6.24. The van der Waals surface area contributed by atoms with E-state index in [0.29, 0.717) is 37.7 Å². The maximum absolute atomic E-state index is 12.4. The number of aryl methyl sites for hydroxylation is 3. The molecular weight excluding hydrogens is 350 g/mol. The van der Waals surface area contributed by atoms with Gasteiger partial charge in [0.2, 0.25) is 5.91 Å². The van der Waals surface area contributed by atoms with Gasteiger partial charge in [0.1, 0.15) is 10.7 Å². The van der Waals surface area contributed by atoms with E-state index in [1.807, 2.05) is 0 Å². The van der Waals surface area contributed by atoms with Gasteiger partial charge in [-0.05, 0) is 37.2 Å². The molecule has 0 bridgehead atoms. The Bertz CT molecular complexity index is 825. The van der Waals surface area contributed by atoms with Crippen molar-refractivity contribution >= 4 is 27.5 Å². The van der Waals surface area contributed by atoms with Crippen LogP contribution in [0.3, 0.4) is 0 Å². The van der Waals surface area contributed by atoms with Crippen LogP contribution < -0.4 is 10.9 Å². The lowest BCUT2D eigenvalue weighted by molar-refractivity contribution is -0.121. The number of carbonyl (C=O) groups is 1. The van der Waals surface area contributed by atoms with E-state index >= 15 is 0 Å². The Kier molecular flexibility index (Phi) is 6.43. The van der Waals surface area contributed by atoms with Gasteiger partial charge in [0.05, 0.1) is 5.39 Å². The van der Waals surface area contributed by atoms with Crippen LogP contribution in [0.2, 0.25) is 0 Å². The first kappa shape index (κ1) is 19.0. The van der Waals surface area contributed by atoms with E-state index < -0.39 is 0 Å². The highest BCUT2D eigenvalue weighted by Crippen LogP contribution is 2.34. The monoisotopic (exact) mass is 377 g/mol. The largest absolute Gasteiger partial charge is 0.381 e. The number of aromatic amines is 1. The first-order valence-corrected chi connectivity index (χ1v) is 10.2. The number of aromatic nitrogens is 2. The van der Waals surface area contributed by atoms with Crippen LogP contribution in [0.15, 0.2) is 4.79 Å². The second kappa shape index (κ2) is 8.77. The second-order valence-corrected chi connectivity index (χ2v) is 8.31. The summed E-state index contributed by atoms with van der Waals surface area (Å²) in [5, 5.41) is 3.65. The van der Waals surface area contributed by atoms with Crippen LogP contribution >= 0.6 is 11.3 Å². The highest BCUT2D eigenvalue weighted by molar-refractivity contribution is 7.18. The van der Waals surface area contributed by atoms with Crippen molar-refractivity contribution in [1.29, 1.82) is 0 Å². The Labute approximate surface area is 157 Å². The van der Waals surface area contributed by atoms with Gasteiger partial charge in [-0.3, -0.25) is 9.59 Å². The Morgan fingerprint density at radius 3 is 3.04 bits per heavy atom. The number of hydrogen-bond acceptors (Lipinski definition) is 5. The Morgan fingerprint density at radius 2 is 2.23 bits per heavy atom. The highest BCUT2D eigenvalue weighted by atomic mass is 32.1. The first-order chi connectivity index (χ1) is 12.5. The number of fused-ring (bicyclic) bond motifs is 3. The van der Waals surface area contributed by atoms with E-state index in [1.54, 1.807) is 11.3 Å². The molecule has 2 N–H and O–H groups in total. The molecule has 0 saturated heterocycles. The molecular formula is C19H27N3O3S. The number of H-pyrrole nitrogens is 1. The lowest BCUT2D eigenvalue weighted by Gasteiger charge is -2.08. The smallest absolute Gasteiger partial charge is 0.259 e. The molecule has 3 rings (SSSR count). The number of thiophene rings is 1. The second-order valence-electron chi connectivity index (χ2n) is 7.22. The fourth-order valence-corrected chi connectivity index (χ4v) is 4.49. The number of hydrogen-bond donors (Lipinski definition) is 2. The average molecular weight is 378 g/mol. The molecule has 2 aromatic rings. The molecule has 1 amide bonds. The van der Waals surface area contributed by atoms with Gasteiger partial charge in [-0.1, -0.05) is 13.8 Å². The van der Waals surface area contributed by atoms with E-state index in [4.69, 9.17) is 4.74 Å².